The summed E-state index contributed by atoms with van der Waals surface area (Å²) in [5.41, 5.74) is 11.9. The van der Waals surface area contributed by atoms with Crippen molar-refractivity contribution in [3.05, 3.63) is 200 Å². The Kier molecular flexibility index (Phi) is 8.19. The summed E-state index contributed by atoms with van der Waals surface area (Å²) in [5, 5.41) is 0. The Morgan fingerprint density at radius 3 is 0.933 bits per heavy atom. The molecule has 0 aliphatic rings. The molecule has 7 rings (SSSR count). The summed E-state index contributed by atoms with van der Waals surface area (Å²) in [7, 11) is 0. The highest BCUT2D eigenvalue weighted by atomic mass is 15.1. The first-order valence-electron chi connectivity index (χ1n) is 15.4. The van der Waals surface area contributed by atoms with Gasteiger partial charge in [-0.25, -0.2) is 0 Å². The first-order chi connectivity index (χ1) is 22.3. The Morgan fingerprint density at radius 1 is 0.267 bits per heavy atom. The molecule has 0 spiro atoms. The van der Waals surface area contributed by atoms with Crippen LogP contribution in [0, 0.1) is 0 Å². The van der Waals surface area contributed by atoms with E-state index in [1.54, 1.807) is 0 Å². The molecule has 7 aromatic carbocycles. The van der Waals surface area contributed by atoms with Gasteiger partial charge in [-0.1, -0.05) is 133 Å². The maximum Gasteiger partial charge on any atom is 0.0481 e. The predicted molar refractivity (Wildman–Crippen MR) is 191 cm³/mol. The van der Waals surface area contributed by atoms with Gasteiger partial charge < -0.3 is 9.80 Å². The molecule has 2 heteroatoms. The molecule has 0 radical (unpaired) electrons. The fourth-order valence-corrected chi connectivity index (χ4v) is 5.79. The van der Waals surface area contributed by atoms with E-state index in [4.69, 9.17) is 0 Å². The molecule has 0 fully saturated rings. The summed E-state index contributed by atoms with van der Waals surface area (Å²) in [6.07, 6.45) is 0. The zero-order chi connectivity index (χ0) is 30.3. The lowest BCUT2D eigenvalue weighted by Crippen LogP contribution is -2.16. The van der Waals surface area contributed by atoms with Gasteiger partial charge in [-0.05, 0) is 88.5 Å². The van der Waals surface area contributed by atoms with Crippen molar-refractivity contribution in [3.63, 3.8) is 0 Å². The van der Waals surface area contributed by atoms with Crippen LogP contribution < -0.4 is 9.80 Å². The van der Waals surface area contributed by atoms with Gasteiger partial charge in [-0.2, -0.15) is 0 Å². The Bertz CT molecular complexity index is 1840. The van der Waals surface area contributed by atoms with Crippen molar-refractivity contribution in [2.45, 2.75) is 6.54 Å². The zero-order valence-electron chi connectivity index (χ0n) is 25.1. The van der Waals surface area contributed by atoms with Crippen molar-refractivity contribution in [3.8, 4) is 22.3 Å². The maximum absolute atomic E-state index is 2.36. The third kappa shape index (κ3) is 6.41. The highest BCUT2D eigenvalue weighted by molar-refractivity contribution is 5.79. The molecule has 0 saturated carbocycles. The van der Waals surface area contributed by atoms with Crippen LogP contribution in [0.4, 0.5) is 28.4 Å². The molecule has 0 N–H and O–H groups in total. The van der Waals surface area contributed by atoms with E-state index < -0.39 is 0 Å². The molecule has 216 valence electrons. The summed E-state index contributed by atoms with van der Waals surface area (Å²) >= 11 is 0. The molecule has 0 unspecified atom stereocenters. The summed E-state index contributed by atoms with van der Waals surface area (Å²) in [6, 6.07) is 68.9. The van der Waals surface area contributed by atoms with Crippen molar-refractivity contribution < 1.29 is 0 Å². The monoisotopic (exact) mass is 578 g/mol. The van der Waals surface area contributed by atoms with Gasteiger partial charge in [0.1, 0.15) is 0 Å². The van der Waals surface area contributed by atoms with Crippen molar-refractivity contribution >= 4 is 28.4 Å². The summed E-state index contributed by atoms with van der Waals surface area (Å²) < 4.78 is 0. The Balaban J connectivity index is 1.08. The van der Waals surface area contributed by atoms with Crippen LogP contribution in [0.15, 0.2) is 194 Å². The lowest BCUT2D eigenvalue weighted by molar-refractivity contribution is 0.976. The fraction of sp³-hybridized carbons (Fsp3) is 0.0233. The third-order valence-electron chi connectivity index (χ3n) is 8.14. The molecule has 0 heterocycles. The largest absolute Gasteiger partial charge is 0.337 e. The average molecular weight is 579 g/mol. The zero-order valence-corrected chi connectivity index (χ0v) is 25.1. The van der Waals surface area contributed by atoms with Crippen LogP contribution in [0.2, 0.25) is 0 Å². The average Bonchev–Trinajstić information content (AvgIpc) is 3.13. The maximum atomic E-state index is 2.36. The standard InChI is InChI=1S/C43H34N2/c1-5-13-39(14-6-1)44(40-15-7-2-8-16-40)33-34-21-23-35(24-22-34)36-25-27-37(28-26-36)38-29-31-43(32-30-38)45(41-17-9-3-10-18-41)42-19-11-4-12-20-42/h1-32H,33H2. The summed E-state index contributed by atoms with van der Waals surface area (Å²) in [6.45, 7) is 0.801. The molecule has 0 amide bonds. The number of nitrogens with zero attached hydrogens (tertiary/aromatic N) is 2. The van der Waals surface area contributed by atoms with E-state index in [1.165, 1.54) is 39.2 Å². The van der Waals surface area contributed by atoms with E-state index >= 15 is 0 Å². The Labute approximate surface area is 266 Å². The number of anilines is 5. The van der Waals surface area contributed by atoms with E-state index in [0.29, 0.717) is 0 Å². The normalized spacial score (nSPS) is 10.8. The molecule has 0 aromatic heterocycles. The Morgan fingerprint density at radius 2 is 0.556 bits per heavy atom. The first-order valence-corrected chi connectivity index (χ1v) is 15.4. The number of rotatable bonds is 9. The molecule has 0 aliphatic carbocycles. The van der Waals surface area contributed by atoms with Crippen LogP contribution in [0.5, 0.6) is 0 Å². The smallest absolute Gasteiger partial charge is 0.0481 e. The minimum Gasteiger partial charge on any atom is -0.337 e. The Hall–Kier alpha value is -5.86. The van der Waals surface area contributed by atoms with Crippen LogP contribution in [0.1, 0.15) is 5.56 Å². The van der Waals surface area contributed by atoms with Gasteiger partial charge >= 0.3 is 0 Å². The molecule has 45 heavy (non-hydrogen) atoms. The molecular formula is C43H34N2. The summed E-state index contributed by atoms with van der Waals surface area (Å²) in [5.74, 6) is 0. The minimum atomic E-state index is 0.801. The fourth-order valence-electron chi connectivity index (χ4n) is 5.79. The lowest BCUT2D eigenvalue weighted by atomic mass is 9.99. The number of hydrogen-bond acceptors (Lipinski definition) is 2. The molecule has 0 saturated heterocycles. The van der Waals surface area contributed by atoms with Gasteiger partial charge in [-0.3, -0.25) is 0 Å². The van der Waals surface area contributed by atoms with Crippen molar-refractivity contribution in [1.82, 2.24) is 0 Å². The molecule has 0 atom stereocenters. The van der Waals surface area contributed by atoms with Crippen molar-refractivity contribution in [1.29, 1.82) is 0 Å². The van der Waals surface area contributed by atoms with E-state index in [9.17, 15) is 0 Å². The van der Waals surface area contributed by atoms with Crippen LogP contribution in [-0.4, -0.2) is 0 Å². The van der Waals surface area contributed by atoms with Gasteiger partial charge in [0.25, 0.3) is 0 Å². The first kappa shape index (κ1) is 27.9. The third-order valence-corrected chi connectivity index (χ3v) is 8.14. The highest BCUT2D eigenvalue weighted by Crippen LogP contribution is 2.36. The predicted octanol–water partition coefficient (Wildman–Crippen LogP) is 11.8. The number of benzene rings is 7. The van der Waals surface area contributed by atoms with Crippen molar-refractivity contribution in [2.75, 3.05) is 9.80 Å². The molecular weight excluding hydrogens is 544 g/mol. The van der Waals surface area contributed by atoms with Gasteiger partial charge in [0.15, 0.2) is 0 Å². The highest BCUT2D eigenvalue weighted by Gasteiger charge is 2.13. The lowest BCUT2D eigenvalue weighted by Gasteiger charge is -2.25. The van der Waals surface area contributed by atoms with E-state index in [1.807, 2.05) is 0 Å². The quantitative estimate of drug-likeness (QED) is 0.168. The second kappa shape index (κ2) is 13.2. The molecule has 0 bridgehead atoms. The molecule has 2 nitrogen and oxygen atoms in total. The van der Waals surface area contributed by atoms with Gasteiger partial charge in [0.05, 0.1) is 0 Å². The van der Waals surface area contributed by atoms with Gasteiger partial charge in [0.2, 0.25) is 0 Å². The second-order valence-electron chi connectivity index (χ2n) is 11.1. The van der Waals surface area contributed by atoms with Crippen LogP contribution in [0.3, 0.4) is 0 Å². The van der Waals surface area contributed by atoms with Crippen LogP contribution in [0.25, 0.3) is 22.3 Å². The van der Waals surface area contributed by atoms with Crippen LogP contribution in [-0.2, 0) is 6.54 Å². The van der Waals surface area contributed by atoms with Crippen LogP contribution >= 0.6 is 0 Å². The number of para-hydroxylation sites is 4. The minimum absolute atomic E-state index is 0.801. The molecule has 0 aliphatic heterocycles. The van der Waals surface area contributed by atoms with Gasteiger partial charge in [0, 0.05) is 35.0 Å². The van der Waals surface area contributed by atoms with Crippen molar-refractivity contribution in [2.24, 2.45) is 0 Å². The molecule has 7 aromatic rings. The summed E-state index contributed by atoms with van der Waals surface area (Å²) in [4.78, 5) is 4.64. The number of hydrogen-bond donors (Lipinski definition) is 0. The van der Waals surface area contributed by atoms with E-state index in [-0.39, 0.29) is 0 Å². The SMILES string of the molecule is c1ccc(N(Cc2ccc(-c3ccc(-c4ccc(N(c5ccccc5)c5ccccc5)cc4)cc3)cc2)c2ccccc2)cc1. The van der Waals surface area contributed by atoms with Gasteiger partial charge in [-0.15, -0.1) is 0 Å². The topological polar surface area (TPSA) is 6.48 Å². The van der Waals surface area contributed by atoms with E-state index in [0.717, 1.165) is 23.6 Å². The van der Waals surface area contributed by atoms with E-state index in [2.05, 4.69) is 204 Å². The second-order valence-corrected chi connectivity index (χ2v) is 11.1.